The van der Waals surface area contributed by atoms with Crippen molar-refractivity contribution in [1.82, 2.24) is 20.3 Å². The lowest BCUT2D eigenvalue weighted by atomic mass is 10.0. The van der Waals surface area contributed by atoms with E-state index in [1.54, 1.807) is 10.9 Å². The van der Waals surface area contributed by atoms with Gasteiger partial charge in [0.2, 0.25) is 0 Å². The standard InChI is InChI=1S/C12H15ClN4/c1-3-14-12(11-8-15-16-17(11)2)9-6-4-5-7-10(9)13/h4-8,12,14H,3H2,1-2H3. The molecule has 4 nitrogen and oxygen atoms in total. The number of hydrogen-bond donors (Lipinski definition) is 1. The minimum absolute atomic E-state index is 0.0219. The summed E-state index contributed by atoms with van der Waals surface area (Å²) in [4.78, 5) is 0. The summed E-state index contributed by atoms with van der Waals surface area (Å²) < 4.78 is 1.76. The molecular formula is C12H15ClN4. The average molecular weight is 251 g/mol. The highest BCUT2D eigenvalue weighted by Crippen LogP contribution is 2.27. The Morgan fingerprint density at radius 3 is 2.76 bits per heavy atom. The minimum Gasteiger partial charge on any atom is -0.305 e. The maximum Gasteiger partial charge on any atom is 0.0799 e. The summed E-state index contributed by atoms with van der Waals surface area (Å²) >= 11 is 6.23. The number of aromatic nitrogens is 3. The van der Waals surface area contributed by atoms with Crippen LogP contribution in [0.25, 0.3) is 0 Å². The van der Waals surface area contributed by atoms with Crippen molar-refractivity contribution in [3.05, 3.63) is 46.7 Å². The van der Waals surface area contributed by atoms with E-state index in [1.165, 1.54) is 0 Å². The molecule has 0 aliphatic carbocycles. The second-order valence-electron chi connectivity index (χ2n) is 3.79. The zero-order chi connectivity index (χ0) is 12.3. The summed E-state index contributed by atoms with van der Waals surface area (Å²) in [6.07, 6.45) is 1.76. The Hall–Kier alpha value is -1.39. The van der Waals surface area contributed by atoms with Gasteiger partial charge in [-0.2, -0.15) is 0 Å². The fraction of sp³-hybridized carbons (Fsp3) is 0.333. The van der Waals surface area contributed by atoms with Crippen LogP contribution in [0, 0.1) is 0 Å². The first-order valence-corrected chi connectivity index (χ1v) is 5.94. The van der Waals surface area contributed by atoms with E-state index < -0.39 is 0 Å². The number of halogens is 1. The average Bonchev–Trinajstić information content (AvgIpc) is 2.74. The molecule has 0 saturated carbocycles. The van der Waals surface area contributed by atoms with Gasteiger partial charge in [-0.15, -0.1) is 5.10 Å². The van der Waals surface area contributed by atoms with Crippen LogP contribution in [-0.2, 0) is 7.05 Å². The van der Waals surface area contributed by atoms with E-state index in [4.69, 9.17) is 11.6 Å². The van der Waals surface area contributed by atoms with Crippen LogP contribution >= 0.6 is 11.6 Å². The van der Waals surface area contributed by atoms with Crippen molar-refractivity contribution in [2.24, 2.45) is 7.05 Å². The molecule has 2 aromatic rings. The SMILES string of the molecule is CCNC(c1ccccc1Cl)c1cnnn1C. The lowest BCUT2D eigenvalue weighted by Crippen LogP contribution is -2.24. The number of nitrogens with zero attached hydrogens (tertiary/aromatic N) is 3. The largest absolute Gasteiger partial charge is 0.305 e. The van der Waals surface area contributed by atoms with Crippen LogP contribution < -0.4 is 5.32 Å². The second-order valence-corrected chi connectivity index (χ2v) is 4.20. The fourth-order valence-corrected chi connectivity index (χ4v) is 2.09. The Kier molecular flexibility index (Phi) is 3.76. The normalized spacial score (nSPS) is 12.6. The fourth-order valence-electron chi connectivity index (χ4n) is 1.85. The number of hydrogen-bond acceptors (Lipinski definition) is 3. The third-order valence-electron chi connectivity index (χ3n) is 2.67. The monoisotopic (exact) mass is 250 g/mol. The molecule has 1 unspecified atom stereocenters. The van der Waals surface area contributed by atoms with E-state index in [0.717, 1.165) is 22.8 Å². The molecule has 5 heteroatoms. The van der Waals surface area contributed by atoms with Gasteiger partial charge in [0.05, 0.1) is 17.9 Å². The molecule has 17 heavy (non-hydrogen) atoms. The first-order valence-electron chi connectivity index (χ1n) is 5.56. The predicted octanol–water partition coefficient (Wildman–Crippen LogP) is 2.17. The summed E-state index contributed by atoms with van der Waals surface area (Å²) in [6, 6.07) is 7.84. The number of aryl methyl sites for hydroxylation is 1. The summed E-state index contributed by atoms with van der Waals surface area (Å²) in [6.45, 7) is 2.91. The predicted molar refractivity (Wildman–Crippen MR) is 68.0 cm³/mol. The van der Waals surface area contributed by atoms with Gasteiger partial charge in [0.25, 0.3) is 0 Å². The molecule has 0 radical (unpaired) electrons. The molecule has 1 aromatic carbocycles. The summed E-state index contributed by atoms with van der Waals surface area (Å²) in [5.74, 6) is 0. The van der Waals surface area contributed by atoms with Gasteiger partial charge in [-0.25, -0.2) is 0 Å². The number of rotatable bonds is 4. The van der Waals surface area contributed by atoms with Gasteiger partial charge in [-0.05, 0) is 18.2 Å². The molecule has 90 valence electrons. The van der Waals surface area contributed by atoms with Crippen LogP contribution in [0.2, 0.25) is 5.02 Å². The lowest BCUT2D eigenvalue weighted by molar-refractivity contribution is 0.568. The van der Waals surface area contributed by atoms with Gasteiger partial charge < -0.3 is 5.32 Å². The Bertz CT molecular complexity index is 495. The van der Waals surface area contributed by atoms with E-state index >= 15 is 0 Å². The molecule has 0 aliphatic heterocycles. The third-order valence-corrected chi connectivity index (χ3v) is 3.01. The topological polar surface area (TPSA) is 42.7 Å². The molecule has 0 fully saturated rings. The van der Waals surface area contributed by atoms with E-state index in [0.29, 0.717) is 0 Å². The van der Waals surface area contributed by atoms with E-state index in [1.807, 2.05) is 31.3 Å². The van der Waals surface area contributed by atoms with E-state index in [9.17, 15) is 0 Å². The smallest absolute Gasteiger partial charge is 0.0799 e. The molecule has 1 atom stereocenters. The zero-order valence-corrected chi connectivity index (χ0v) is 10.6. The Morgan fingerprint density at radius 1 is 1.41 bits per heavy atom. The van der Waals surface area contributed by atoms with Crippen molar-refractivity contribution < 1.29 is 0 Å². The van der Waals surface area contributed by atoms with Gasteiger partial charge in [-0.1, -0.05) is 41.9 Å². The summed E-state index contributed by atoms with van der Waals surface area (Å²) in [7, 11) is 1.88. The molecule has 0 aliphatic rings. The van der Waals surface area contributed by atoms with Crippen LogP contribution in [0.1, 0.15) is 24.2 Å². The second kappa shape index (κ2) is 5.29. The highest BCUT2D eigenvalue weighted by Gasteiger charge is 2.18. The Balaban J connectivity index is 2.43. The highest BCUT2D eigenvalue weighted by atomic mass is 35.5. The minimum atomic E-state index is 0.0219. The van der Waals surface area contributed by atoms with E-state index in [2.05, 4.69) is 22.6 Å². The van der Waals surface area contributed by atoms with Crippen LogP contribution in [0.5, 0.6) is 0 Å². The first kappa shape index (κ1) is 12.1. The maximum absolute atomic E-state index is 6.23. The molecule has 2 rings (SSSR count). The molecule has 1 heterocycles. The van der Waals surface area contributed by atoms with Crippen molar-refractivity contribution in [3.8, 4) is 0 Å². The molecule has 1 N–H and O–H groups in total. The van der Waals surface area contributed by atoms with Crippen molar-refractivity contribution in [3.63, 3.8) is 0 Å². The van der Waals surface area contributed by atoms with Gasteiger partial charge in [0.1, 0.15) is 0 Å². The molecule has 0 bridgehead atoms. The quantitative estimate of drug-likeness (QED) is 0.904. The van der Waals surface area contributed by atoms with Gasteiger partial charge >= 0.3 is 0 Å². The van der Waals surface area contributed by atoms with Gasteiger partial charge in [0, 0.05) is 12.1 Å². The van der Waals surface area contributed by atoms with Crippen LogP contribution in [-0.4, -0.2) is 21.5 Å². The van der Waals surface area contributed by atoms with Gasteiger partial charge in [-0.3, -0.25) is 4.68 Å². The van der Waals surface area contributed by atoms with Crippen molar-refractivity contribution in [1.29, 1.82) is 0 Å². The van der Waals surface area contributed by atoms with Crippen molar-refractivity contribution in [2.45, 2.75) is 13.0 Å². The van der Waals surface area contributed by atoms with Crippen LogP contribution in [0.4, 0.5) is 0 Å². The van der Waals surface area contributed by atoms with Crippen molar-refractivity contribution >= 4 is 11.6 Å². The van der Waals surface area contributed by atoms with Crippen molar-refractivity contribution in [2.75, 3.05) is 6.54 Å². The summed E-state index contributed by atoms with van der Waals surface area (Å²) in [5, 5.41) is 12.0. The Labute approximate surface area is 106 Å². The molecule has 1 aromatic heterocycles. The number of benzene rings is 1. The zero-order valence-electron chi connectivity index (χ0n) is 9.89. The lowest BCUT2D eigenvalue weighted by Gasteiger charge is -2.19. The molecular weight excluding hydrogens is 236 g/mol. The molecule has 0 spiro atoms. The van der Waals surface area contributed by atoms with Crippen LogP contribution in [0.3, 0.4) is 0 Å². The number of nitrogens with one attached hydrogen (secondary N) is 1. The first-order chi connectivity index (χ1) is 8.24. The third kappa shape index (κ3) is 2.48. The summed E-state index contributed by atoms with van der Waals surface area (Å²) in [5.41, 5.74) is 2.04. The molecule has 0 saturated heterocycles. The van der Waals surface area contributed by atoms with E-state index in [-0.39, 0.29) is 6.04 Å². The molecule has 0 amide bonds. The maximum atomic E-state index is 6.23. The Morgan fingerprint density at radius 2 is 2.18 bits per heavy atom. The highest BCUT2D eigenvalue weighted by molar-refractivity contribution is 6.31. The van der Waals surface area contributed by atoms with Gasteiger partial charge in [0.15, 0.2) is 0 Å². The van der Waals surface area contributed by atoms with Crippen LogP contribution in [0.15, 0.2) is 30.5 Å².